The maximum absolute atomic E-state index is 15.1. The number of carbonyl (C=O) groups is 9. The summed E-state index contributed by atoms with van der Waals surface area (Å²) in [6, 6.07) is 38.5. The van der Waals surface area contributed by atoms with Crippen LogP contribution in [-0.4, -0.2) is 174 Å². The number of fused-ring (bicyclic) bond motifs is 3. The van der Waals surface area contributed by atoms with E-state index in [0.29, 0.717) is 0 Å². The fraction of sp³-hybridized carbons (Fsp3) is 0.328. The lowest BCUT2D eigenvalue weighted by atomic mass is 9.84. The van der Waals surface area contributed by atoms with Gasteiger partial charge in [-0.05, 0) is 72.8 Å². The highest BCUT2D eigenvalue weighted by Crippen LogP contribution is 2.44. The summed E-state index contributed by atoms with van der Waals surface area (Å²) in [7, 11) is 1.32. The predicted molar refractivity (Wildman–Crippen MR) is 309 cm³/mol. The number of imide groups is 3. The molecule has 6 heterocycles. The minimum absolute atomic E-state index is 0.0329. The van der Waals surface area contributed by atoms with E-state index < -0.39 is 165 Å². The van der Waals surface area contributed by atoms with Crippen LogP contribution in [-0.2, 0) is 42.6 Å². The normalized spacial score (nSPS) is 29.0. The Morgan fingerprint density at radius 2 is 0.640 bits per heavy atom. The van der Waals surface area contributed by atoms with Gasteiger partial charge in [0.05, 0.1) is 86.5 Å². The minimum Gasteiger partial charge on any atom is -0.459 e. The molecule has 7 unspecified atom stereocenters. The molecule has 89 heavy (non-hydrogen) atoms. The van der Waals surface area contributed by atoms with Gasteiger partial charge in [0, 0.05) is 24.9 Å². The third-order valence-corrected chi connectivity index (χ3v) is 17.4. The molecule has 22 heteroatoms. The molecule has 0 aromatic heterocycles. The van der Waals surface area contributed by atoms with Crippen molar-refractivity contribution in [2.75, 3.05) is 26.9 Å². The highest BCUT2D eigenvalue weighted by Gasteiger charge is 2.60. The molecule has 22 nitrogen and oxygen atoms in total. The summed E-state index contributed by atoms with van der Waals surface area (Å²) in [6.45, 7) is 3.13. The van der Waals surface area contributed by atoms with Crippen LogP contribution in [0.15, 0.2) is 164 Å². The molecule has 3 saturated heterocycles. The van der Waals surface area contributed by atoms with Crippen LogP contribution in [0.3, 0.4) is 0 Å². The lowest BCUT2D eigenvalue weighted by Crippen LogP contribution is -2.68. The number of rotatable bonds is 17. The van der Waals surface area contributed by atoms with Gasteiger partial charge in [-0.25, -0.2) is 14.4 Å². The van der Waals surface area contributed by atoms with E-state index >= 15 is 9.59 Å². The first-order valence-electron chi connectivity index (χ1n) is 29.1. The SMILES string of the molecule is CO[C@H]1OC(COC(=O)c2ccccc2)[C@H](OC2OC(COC(=O)c3ccccc3)C(O[C@H]3OC(COC(=O)c4ccccc4)[C@H](O)C(C)[C@H]3N3C(=O)c4ccccc4C3=O)[C@H](C)[C@@H]2N2C(=O)c3ccccc3C2=O)C(C)[C@H]1N1C(=O)c2ccccc2C1=O. The number of esters is 3. The van der Waals surface area contributed by atoms with Crippen LogP contribution in [0.4, 0.5) is 0 Å². The van der Waals surface area contributed by atoms with Crippen LogP contribution in [0.5, 0.6) is 0 Å². The van der Waals surface area contributed by atoms with Crippen molar-refractivity contribution in [3.8, 4) is 0 Å². The van der Waals surface area contributed by atoms with Gasteiger partial charge in [0.25, 0.3) is 35.4 Å². The molecule has 6 aromatic carbocycles. The number of ether oxygens (including phenoxy) is 9. The second kappa shape index (κ2) is 25.2. The molecule has 0 saturated carbocycles. The largest absolute Gasteiger partial charge is 0.459 e. The van der Waals surface area contributed by atoms with Gasteiger partial charge >= 0.3 is 17.9 Å². The van der Waals surface area contributed by atoms with Crippen molar-refractivity contribution in [1.82, 2.24) is 14.7 Å². The van der Waals surface area contributed by atoms with E-state index in [-0.39, 0.29) is 50.1 Å². The number of hydrogen-bond acceptors (Lipinski definition) is 19. The van der Waals surface area contributed by atoms with Crippen LogP contribution in [0.1, 0.15) is 114 Å². The molecule has 15 atom stereocenters. The Balaban J connectivity index is 0.955. The van der Waals surface area contributed by atoms with Gasteiger partial charge < -0.3 is 47.7 Å². The average molecular weight is 1210 g/mol. The van der Waals surface area contributed by atoms with Gasteiger partial charge in [-0.2, -0.15) is 0 Å². The molecule has 3 fully saturated rings. The highest BCUT2D eigenvalue weighted by molar-refractivity contribution is 6.23. The summed E-state index contributed by atoms with van der Waals surface area (Å²) >= 11 is 0. The zero-order valence-corrected chi connectivity index (χ0v) is 48.5. The van der Waals surface area contributed by atoms with Gasteiger partial charge in [-0.3, -0.25) is 43.5 Å². The Kier molecular flexibility index (Phi) is 17.0. The second-order valence-corrected chi connectivity index (χ2v) is 22.6. The molecule has 6 amide bonds. The fourth-order valence-corrected chi connectivity index (χ4v) is 12.9. The summed E-state index contributed by atoms with van der Waals surface area (Å²) < 4.78 is 58.2. The maximum Gasteiger partial charge on any atom is 0.338 e. The second-order valence-electron chi connectivity index (χ2n) is 22.6. The third-order valence-electron chi connectivity index (χ3n) is 17.4. The van der Waals surface area contributed by atoms with Crippen molar-refractivity contribution in [3.63, 3.8) is 0 Å². The number of hydrogen-bond donors (Lipinski definition) is 1. The highest BCUT2D eigenvalue weighted by atomic mass is 16.7. The summed E-state index contributed by atoms with van der Waals surface area (Å²) in [4.78, 5) is 132. The third kappa shape index (κ3) is 11.1. The standard InChI is InChI=1S/C67H61N3O19/c1-35-50(68-56(72)41-26-14-15-27-42(41)57(68)73)66(85-47(53(35)71)32-82-62(78)38-20-8-5-9-21-38)88-55-37(3)52(70-60(76)45-30-18-19-31-46(45)61(70)77)67(87-49(55)34-84-64(80)40-24-12-7-13-25-40)89-54-36(2)51(69-58(74)43-28-16-17-29-44(43)59(69)75)65(81-4)86-48(54)33-83-63(79)39-22-10-6-11-23-39/h5-31,35-37,47-55,65-67,71H,32-34H2,1-4H3/t35?,36?,37-,47?,48?,49?,50-,51-,52+,53-,54-,55?,65+,66-,67?/m1/s1. The van der Waals surface area contributed by atoms with Crippen molar-refractivity contribution in [2.45, 2.75) is 94.4 Å². The Bertz CT molecular complexity index is 3630. The molecule has 0 radical (unpaired) electrons. The van der Waals surface area contributed by atoms with Crippen LogP contribution in [0.25, 0.3) is 0 Å². The number of aliphatic hydroxyl groups is 1. The lowest BCUT2D eigenvalue weighted by molar-refractivity contribution is -0.348. The first-order chi connectivity index (χ1) is 43.1. The Morgan fingerprint density at radius 1 is 0.382 bits per heavy atom. The van der Waals surface area contributed by atoms with Gasteiger partial charge in [-0.1, -0.05) is 112 Å². The van der Waals surface area contributed by atoms with Crippen molar-refractivity contribution in [1.29, 1.82) is 0 Å². The van der Waals surface area contributed by atoms with Gasteiger partial charge in [0.1, 0.15) is 38.1 Å². The molecular weight excluding hydrogens is 1150 g/mol. The quantitative estimate of drug-likeness (QED) is 0.0587. The fourth-order valence-electron chi connectivity index (χ4n) is 12.9. The predicted octanol–water partition coefficient (Wildman–Crippen LogP) is 6.41. The molecule has 0 aliphatic carbocycles. The van der Waals surface area contributed by atoms with Crippen molar-refractivity contribution in [2.24, 2.45) is 17.8 Å². The smallest absolute Gasteiger partial charge is 0.338 e. The topological polar surface area (TPSA) is 267 Å². The van der Waals surface area contributed by atoms with E-state index in [1.807, 2.05) is 0 Å². The van der Waals surface area contributed by atoms with E-state index in [1.54, 1.807) is 124 Å². The molecule has 458 valence electrons. The van der Waals surface area contributed by atoms with Crippen LogP contribution >= 0.6 is 0 Å². The Labute approximate surface area is 510 Å². The van der Waals surface area contributed by atoms with Crippen LogP contribution in [0.2, 0.25) is 0 Å². The molecule has 12 rings (SSSR count). The summed E-state index contributed by atoms with van der Waals surface area (Å²) in [5.74, 6) is -9.92. The molecule has 6 aliphatic rings. The first kappa shape index (κ1) is 60.2. The number of aliphatic hydroxyl groups excluding tert-OH is 1. The van der Waals surface area contributed by atoms with E-state index in [9.17, 15) is 38.7 Å². The van der Waals surface area contributed by atoms with Gasteiger partial charge in [0.15, 0.2) is 18.9 Å². The summed E-state index contributed by atoms with van der Waals surface area (Å²) in [5, 5.41) is 12.1. The first-order valence-corrected chi connectivity index (χ1v) is 29.1. The summed E-state index contributed by atoms with van der Waals surface area (Å²) in [5.41, 5.74) is 1.00. The molecule has 0 bridgehead atoms. The zero-order valence-electron chi connectivity index (χ0n) is 48.5. The van der Waals surface area contributed by atoms with Gasteiger partial charge in [-0.15, -0.1) is 0 Å². The Hall–Kier alpha value is -9.13. The molecule has 1 N–H and O–H groups in total. The van der Waals surface area contributed by atoms with E-state index in [2.05, 4.69) is 0 Å². The number of nitrogens with zero attached hydrogens (tertiary/aromatic N) is 3. The van der Waals surface area contributed by atoms with E-state index in [0.717, 1.165) is 14.7 Å². The maximum atomic E-state index is 15.1. The minimum atomic E-state index is -1.78. The van der Waals surface area contributed by atoms with Crippen LogP contribution < -0.4 is 0 Å². The molecule has 0 spiro atoms. The van der Waals surface area contributed by atoms with Crippen molar-refractivity contribution in [3.05, 3.63) is 214 Å². The molecule has 6 aromatic rings. The Morgan fingerprint density at radius 3 is 0.955 bits per heavy atom. The van der Waals surface area contributed by atoms with E-state index in [4.69, 9.17) is 42.6 Å². The molecule has 6 aliphatic heterocycles. The number of carbonyl (C=O) groups excluding carboxylic acids is 9. The molecular formula is C67H61N3O19. The van der Waals surface area contributed by atoms with Crippen molar-refractivity contribution >= 4 is 53.4 Å². The number of amides is 6. The van der Waals surface area contributed by atoms with Crippen LogP contribution in [0, 0.1) is 17.8 Å². The summed E-state index contributed by atoms with van der Waals surface area (Å²) in [6.07, 6.45) is -13.4. The van der Waals surface area contributed by atoms with E-state index in [1.165, 1.54) is 67.8 Å². The lowest BCUT2D eigenvalue weighted by Gasteiger charge is -2.53. The monoisotopic (exact) mass is 1210 g/mol. The number of methoxy groups -OCH3 is 1. The number of benzene rings is 6. The van der Waals surface area contributed by atoms with Gasteiger partial charge in [0.2, 0.25) is 0 Å². The average Bonchev–Trinajstić information content (AvgIpc) is 1.78. The zero-order chi connectivity index (χ0) is 62.4. The van der Waals surface area contributed by atoms with Crippen molar-refractivity contribution < 1.29 is 90.9 Å².